The molecule has 122 valence electrons. The summed E-state index contributed by atoms with van der Waals surface area (Å²) in [7, 11) is 0. The Kier molecular flexibility index (Phi) is 4.72. The Balaban J connectivity index is 1.99. The van der Waals surface area contributed by atoms with Crippen LogP contribution in [0.3, 0.4) is 0 Å². The van der Waals surface area contributed by atoms with Gasteiger partial charge in [0.15, 0.2) is 5.15 Å². The van der Waals surface area contributed by atoms with Crippen molar-refractivity contribution in [2.24, 2.45) is 0 Å². The molecule has 2 rings (SSSR count). The van der Waals surface area contributed by atoms with E-state index in [-0.39, 0.29) is 17.6 Å². The number of aryl methyl sites for hydroxylation is 1. The fourth-order valence-corrected chi connectivity index (χ4v) is 2.10. The average Bonchev–Trinajstić information content (AvgIpc) is 2.74. The van der Waals surface area contributed by atoms with Crippen LogP contribution < -0.4 is 5.32 Å². The second kappa shape index (κ2) is 6.21. The summed E-state index contributed by atoms with van der Waals surface area (Å²) in [5.74, 6) is 0.261. The minimum absolute atomic E-state index is 0.187. The third kappa shape index (κ3) is 4.17. The molecular formula is C13H20ClN5O3. The molecule has 0 unspecified atom stereocenters. The lowest BCUT2D eigenvalue weighted by molar-refractivity contribution is 0.0270. The molecule has 1 amide bonds. The fraction of sp³-hybridized carbons (Fsp3) is 0.692. The van der Waals surface area contributed by atoms with Crippen molar-refractivity contribution in [2.75, 3.05) is 18.4 Å². The molecule has 0 radical (unpaired) electrons. The number of ether oxygens (including phenoxy) is 1. The van der Waals surface area contributed by atoms with Crippen LogP contribution in [-0.2, 0) is 4.74 Å². The number of amides is 1. The first-order valence-corrected chi connectivity index (χ1v) is 7.33. The number of nitrogens with zero attached hydrogens (tertiary/aromatic N) is 4. The first-order valence-electron chi connectivity index (χ1n) is 6.95. The fourth-order valence-electron chi connectivity index (χ4n) is 2.02. The third-order valence-electron chi connectivity index (χ3n) is 3.06. The van der Waals surface area contributed by atoms with E-state index >= 15 is 0 Å². The zero-order valence-corrected chi connectivity index (χ0v) is 13.8. The lowest BCUT2D eigenvalue weighted by Gasteiger charge is -2.24. The van der Waals surface area contributed by atoms with E-state index in [0.29, 0.717) is 12.2 Å². The summed E-state index contributed by atoms with van der Waals surface area (Å²) in [5, 5.41) is 20.8. The number of hydrogen-bond donors (Lipinski definition) is 2. The number of halogens is 1. The maximum Gasteiger partial charge on any atom is 0.410 e. The number of carbonyl (C=O) groups is 1. The molecule has 9 heteroatoms. The molecule has 0 bridgehead atoms. The van der Waals surface area contributed by atoms with Crippen LogP contribution >= 0.6 is 11.6 Å². The Morgan fingerprint density at radius 3 is 2.68 bits per heavy atom. The number of anilines is 1. The summed E-state index contributed by atoms with van der Waals surface area (Å²) in [5.41, 5.74) is -0.0379. The SMILES string of the molecule is Cc1nc(N[C@@H]2CN(C(=O)OC(C)(C)C)C[C@H]2O)nnc1Cl. The van der Waals surface area contributed by atoms with Gasteiger partial charge in [0.1, 0.15) is 5.60 Å². The van der Waals surface area contributed by atoms with E-state index in [4.69, 9.17) is 16.3 Å². The normalized spacial score (nSPS) is 21.8. The molecule has 1 aromatic heterocycles. The van der Waals surface area contributed by atoms with E-state index < -0.39 is 23.8 Å². The predicted octanol–water partition coefficient (Wildman–Crippen LogP) is 1.23. The smallest absolute Gasteiger partial charge is 0.410 e. The van der Waals surface area contributed by atoms with Crippen LogP contribution in [0.25, 0.3) is 0 Å². The summed E-state index contributed by atoms with van der Waals surface area (Å²) in [6, 6.07) is -0.394. The monoisotopic (exact) mass is 329 g/mol. The summed E-state index contributed by atoms with van der Waals surface area (Å²) in [6.45, 7) is 7.57. The molecule has 0 saturated carbocycles. The second-order valence-corrected chi connectivity index (χ2v) is 6.57. The summed E-state index contributed by atoms with van der Waals surface area (Å²) >= 11 is 5.77. The Morgan fingerprint density at radius 2 is 2.09 bits per heavy atom. The van der Waals surface area contributed by atoms with Crippen molar-refractivity contribution in [2.45, 2.75) is 45.4 Å². The number of aromatic nitrogens is 3. The van der Waals surface area contributed by atoms with Gasteiger partial charge in [0.25, 0.3) is 0 Å². The molecule has 2 atom stereocenters. The van der Waals surface area contributed by atoms with Crippen LogP contribution in [0.2, 0.25) is 5.15 Å². The Morgan fingerprint density at radius 1 is 1.41 bits per heavy atom. The van der Waals surface area contributed by atoms with Crippen LogP contribution in [0.5, 0.6) is 0 Å². The van der Waals surface area contributed by atoms with Gasteiger partial charge in [-0.05, 0) is 27.7 Å². The maximum absolute atomic E-state index is 12.0. The van der Waals surface area contributed by atoms with Gasteiger partial charge in [-0.1, -0.05) is 11.6 Å². The van der Waals surface area contributed by atoms with E-state index in [2.05, 4.69) is 20.5 Å². The highest BCUT2D eigenvalue weighted by Gasteiger charge is 2.36. The van der Waals surface area contributed by atoms with Gasteiger partial charge in [-0.2, -0.15) is 0 Å². The molecule has 1 aliphatic rings. The number of aliphatic hydroxyl groups excluding tert-OH is 1. The largest absolute Gasteiger partial charge is 0.444 e. The van der Waals surface area contributed by atoms with Crippen LogP contribution in [0.4, 0.5) is 10.7 Å². The average molecular weight is 330 g/mol. The molecule has 0 aliphatic carbocycles. The second-order valence-electron chi connectivity index (χ2n) is 6.22. The van der Waals surface area contributed by atoms with Gasteiger partial charge in [0, 0.05) is 6.54 Å². The van der Waals surface area contributed by atoms with E-state index in [1.165, 1.54) is 4.90 Å². The molecule has 2 N–H and O–H groups in total. The van der Waals surface area contributed by atoms with Crippen molar-refractivity contribution in [3.05, 3.63) is 10.8 Å². The van der Waals surface area contributed by atoms with Crippen molar-refractivity contribution in [3.8, 4) is 0 Å². The molecule has 1 aromatic rings. The van der Waals surface area contributed by atoms with E-state index in [1.807, 2.05) is 0 Å². The van der Waals surface area contributed by atoms with Crippen LogP contribution in [0.15, 0.2) is 0 Å². The summed E-state index contributed by atoms with van der Waals surface area (Å²) in [4.78, 5) is 17.6. The predicted molar refractivity (Wildman–Crippen MR) is 80.8 cm³/mol. The molecule has 1 aliphatic heterocycles. The molecule has 0 aromatic carbocycles. The van der Waals surface area contributed by atoms with Gasteiger partial charge < -0.3 is 20.1 Å². The molecule has 1 fully saturated rings. The number of hydrogen-bond acceptors (Lipinski definition) is 7. The number of nitrogens with one attached hydrogen (secondary N) is 1. The number of aliphatic hydroxyl groups is 1. The topological polar surface area (TPSA) is 100 Å². The van der Waals surface area contributed by atoms with Crippen molar-refractivity contribution in [3.63, 3.8) is 0 Å². The van der Waals surface area contributed by atoms with E-state index in [0.717, 1.165) is 0 Å². The molecule has 2 heterocycles. The van der Waals surface area contributed by atoms with Crippen molar-refractivity contribution >= 4 is 23.6 Å². The van der Waals surface area contributed by atoms with Gasteiger partial charge in [0.2, 0.25) is 5.95 Å². The first kappa shape index (κ1) is 16.7. The third-order valence-corrected chi connectivity index (χ3v) is 3.41. The summed E-state index contributed by atoms with van der Waals surface area (Å²) < 4.78 is 5.29. The van der Waals surface area contributed by atoms with E-state index in [9.17, 15) is 9.90 Å². The lowest BCUT2D eigenvalue weighted by atomic mass is 10.2. The highest BCUT2D eigenvalue weighted by molar-refractivity contribution is 6.29. The van der Waals surface area contributed by atoms with Crippen molar-refractivity contribution in [1.82, 2.24) is 20.1 Å². The van der Waals surface area contributed by atoms with Gasteiger partial charge >= 0.3 is 6.09 Å². The minimum Gasteiger partial charge on any atom is -0.444 e. The first-order chi connectivity index (χ1) is 10.2. The van der Waals surface area contributed by atoms with Gasteiger partial charge in [0.05, 0.1) is 24.4 Å². The van der Waals surface area contributed by atoms with Gasteiger partial charge in [-0.3, -0.25) is 0 Å². The zero-order chi connectivity index (χ0) is 16.5. The molecule has 0 spiro atoms. The maximum atomic E-state index is 12.0. The highest BCUT2D eigenvalue weighted by atomic mass is 35.5. The Bertz CT molecular complexity index is 563. The quantitative estimate of drug-likeness (QED) is 0.841. The van der Waals surface area contributed by atoms with Gasteiger partial charge in [-0.25, -0.2) is 9.78 Å². The molecular weight excluding hydrogens is 310 g/mol. The zero-order valence-electron chi connectivity index (χ0n) is 13.0. The van der Waals surface area contributed by atoms with Crippen LogP contribution in [0.1, 0.15) is 26.5 Å². The Labute approximate surface area is 133 Å². The Hall–Kier alpha value is -1.67. The van der Waals surface area contributed by atoms with Crippen molar-refractivity contribution < 1.29 is 14.6 Å². The molecule has 8 nitrogen and oxygen atoms in total. The number of rotatable bonds is 2. The minimum atomic E-state index is -0.743. The molecule has 22 heavy (non-hydrogen) atoms. The summed E-state index contributed by atoms with van der Waals surface area (Å²) in [6.07, 6.45) is -1.20. The number of carbonyl (C=O) groups excluding carboxylic acids is 1. The van der Waals surface area contributed by atoms with Crippen molar-refractivity contribution in [1.29, 1.82) is 0 Å². The number of likely N-dealkylation sites (tertiary alicyclic amines) is 1. The van der Waals surface area contributed by atoms with E-state index in [1.54, 1.807) is 27.7 Å². The van der Waals surface area contributed by atoms with Crippen LogP contribution in [-0.4, -0.2) is 62.1 Å². The standard InChI is InChI=1S/C13H20ClN5O3/c1-7-10(14)17-18-11(15-7)16-8-5-19(6-9(8)20)12(21)22-13(2,3)4/h8-9,20H,5-6H2,1-4H3,(H,15,16,18)/t8-,9-/m1/s1. The number of β-amino-alcohol motifs (C(OH)–C–C–N with tert-alkyl or cyclic N) is 1. The van der Waals surface area contributed by atoms with Crippen LogP contribution in [0, 0.1) is 6.92 Å². The highest BCUT2D eigenvalue weighted by Crippen LogP contribution is 2.18. The molecule has 1 saturated heterocycles. The lowest BCUT2D eigenvalue weighted by Crippen LogP contribution is -2.36. The van der Waals surface area contributed by atoms with Gasteiger partial charge in [-0.15, -0.1) is 10.2 Å².